The van der Waals surface area contributed by atoms with Crippen LogP contribution >= 0.6 is 0 Å². The number of hydrogen-bond donors (Lipinski definition) is 1. The molecule has 1 fully saturated rings. The number of carboxylic acids is 1. The van der Waals surface area contributed by atoms with Crippen LogP contribution in [0.15, 0.2) is 66.7 Å². The molecule has 0 aliphatic heterocycles. The lowest BCUT2D eigenvalue weighted by Gasteiger charge is -2.18. The highest BCUT2D eigenvalue weighted by atomic mass is 19.1. The molecule has 0 spiro atoms. The van der Waals surface area contributed by atoms with Crippen LogP contribution in [-0.4, -0.2) is 39.3 Å². The molecule has 5 aromatic rings. The lowest BCUT2D eigenvalue weighted by atomic mass is 10.0. The second-order valence-corrected chi connectivity index (χ2v) is 11.7. The molecule has 0 bridgehead atoms. The number of aromatic carboxylic acids is 1. The maximum Gasteiger partial charge on any atom is 0.335 e. The molecule has 2 aromatic heterocycles. The van der Waals surface area contributed by atoms with Gasteiger partial charge in [-0.1, -0.05) is 18.2 Å². The molecular weight excluding hydrogens is 583 g/mol. The summed E-state index contributed by atoms with van der Waals surface area (Å²) in [6.45, 7) is 2.88. The summed E-state index contributed by atoms with van der Waals surface area (Å²) in [6, 6.07) is 16.5. The summed E-state index contributed by atoms with van der Waals surface area (Å²) >= 11 is 0. The van der Waals surface area contributed by atoms with E-state index < -0.39 is 23.4 Å². The summed E-state index contributed by atoms with van der Waals surface area (Å²) < 4.78 is 58.3. The third-order valence-corrected chi connectivity index (χ3v) is 8.43. The van der Waals surface area contributed by atoms with Crippen molar-refractivity contribution in [3.05, 3.63) is 112 Å². The van der Waals surface area contributed by atoms with Gasteiger partial charge < -0.3 is 19.1 Å². The minimum Gasteiger partial charge on any atom is -0.478 e. The Morgan fingerprint density at radius 1 is 0.956 bits per heavy atom. The van der Waals surface area contributed by atoms with E-state index in [0.717, 1.165) is 37.0 Å². The van der Waals surface area contributed by atoms with E-state index in [2.05, 4.69) is 4.98 Å². The maximum absolute atomic E-state index is 15.6. The number of methoxy groups -OCH3 is 1. The first-order valence-corrected chi connectivity index (χ1v) is 14.7. The number of rotatable bonds is 12. The van der Waals surface area contributed by atoms with E-state index in [1.807, 2.05) is 4.57 Å². The molecule has 45 heavy (non-hydrogen) atoms. The number of carbonyl (C=O) groups is 1. The Labute approximate surface area is 258 Å². The predicted octanol–water partition coefficient (Wildman–Crippen LogP) is 7.51. The molecule has 232 valence electrons. The monoisotopic (exact) mass is 615 g/mol. The highest BCUT2D eigenvalue weighted by Crippen LogP contribution is 2.51. The normalized spacial score (nSPS) is 13.7. The average molecular weight is 616 g/mol. The Hall–Kier alpha value is -4.70. The first kappa shape index (κ1) is 30.3. The van der Waals surface area contributed by atoms with Crippen LogP contribution in [0.2, 0.25) is 0 Å². The van der Waals surface area contributed by atoms with Gasteiger partial charge in [-0.25, -0.2) is 27.9 Å². The van der Waals surface area contributed by atoms with Gasteiger partial charge in [0.25, 0.3) is 0 Å². The van der Waals surface area contributed by atoms with Crippen LogP contribution in [0.25, 0.3) is 22.3 Å². The number of aryl methyl sites for hydroxylation is 1. The number of halogens is 3. The Morgan fingerprint density at radius 2 is 1.76 bits per heavy atom. The van der Waals surface area contributed by atoms with Crippen molar-refractivity contribution in [1.29, 1.82) is 0 Å². The number of fused-ring (bicyclic) bond motifs is 1. The molecule has 7 nitrogen and oxygen atoms in total. The summed E-state index contributed by atoms with van der Waals surface area (Å²) in [5.74, 6) is -2.09. The predicted molar refractivity (Wildman–Crippen MR) is 163 cm³/mol. The summed E-state index contributed by atoms with van der Waals surface area (Å²) in [6.07, 6.45) is 2.80. The lowest BCUT2D eigenvalue weighted by molar-refractivity contribution is 0.0697. The number of hydrogen-bond acceptors (Lipinski definition) is 5. The Balaban J connectivity index is 1.28. The average Bonchev–Trinajstić information content (AvgIpc) is 3.71. The Morgan fingerprint density at radius 3 is 2.49 bits per heavy atom. The number of pyridine rings is 1. The quantitative estimate of drug-likeness (QED) is 0.156. The van der Waals surface area contributed by atoms with Gasteiger partial charge in [0.05, 0.1) is 22.3 Å². The molecule has 10 heteroatoms. The Bertz CT molecular complexity index is 1900. The molecule has 1 saturated carbocycles. The van der Waals surface area contributed by atoms with Gasteiger partial charge in [0.2, 0.25) is 5.88 Å². The molecule has 0 unspecified atom stereocenters. The van der Waals surface area contributed by atoms with E-state index >= 15 is 8.78 Å². The van der Waals surface area contributed by atoms with Crippen molar-refractivity contribution in [3.63, 3.8) is 0 Å². The minimum atomic E-state index is -1.05. The fourth-order valence-corrected chi connectivity index (χ4v) is 5.59. The Kier molecular flexibility index (Phi) is 8.33. The van der Waals surface area contributed by atoms with Crippen LogP contribution in [0, 0.1) is 29.8 Å². The second-order valence-electron chi connectivity index (χ2n) is 11.7. The van der Waals surface area contributed by atoms with E-state index in [1.165, 1.54) is 12.1 Å². The van der Waals surface area contributed by atoms with Gasteiger partial charge in [-0.2, -0.15) is 0 Å². The first-order valence-electron chi connectivity index (χ1n) is 14.7. The number of ether oxygens (including phenoxy) is 2. The van der Waals surface area contributed by atoms with Crippen molar-refractivity contribution in [2.45, 2.75) is 45.8 Å². The van der Waals surface area contributed by atoms with Crippen molar-refractivity contribution in [2.75, 3.05) is 13.7 Å². The van der Waals surface area contributed by atoms with Crippen molar-refractivity contribution < 1.29 is 32.5 Å². The summed E-state index contributed by atoms with van der Waals surface area (Å²) in [4.78, 5) is 20.8. The van der Waals surface area contributed by atoms with Gasteiger partial charge in [0.1, 0.15) is 29.9 Å². The molecule has 0 amide bonds. The van der Waals surface area contributed by atoms with Crippen molar-refractivity contribution in [1.82, 2.24) is 14.5 Å². The number of carboxylic acid groups (broad SMARTS) is 1. The van der Waals surface area contributed by atoms with E-state index in [4.69, 9.17) is 14.5 Å². The fraction of sp³-hybridized carbons (Fsp3) is 0.286. The largest absolute Gasteiger partial charge is 0.478 e. The van der Waals surface area contributed by atoms with Gasteiger partial charge in [-0.15, -0.1) is 0 Å². The molecule has 0 atom stereocenters. The molecular formula is C35H32F3N3O4. The summed E-state index contributed by atoms with van der Waals surface area (Å²) in [5.41, 5.74) is 2.70. The molecule has 1 N–H and O–H groups in total. The molecule has 0 radical (unpaired) electrons. The fourth-order valence-electron chi connectivity index (χ4n) is 5.59. The minimum absolute atomic E-state index is 0.000824. The van der Waals surface area contributed by atoms with E-state index in [0.29, 0.717) is 35.6 Å². The first-order chi connectivity index (χ1) is 21.6. The smallest absolute Gasteiger partial charge is 0.335 e. The number of benzene rings is 3. The van der Waals surface area contributed by atoms with Crippen molar-refractivity contribution >= 4 is 17.0 Å². The van der Waals surface area contributed by atoms with Gasteiger partial charge in [-0.05, 0) is 85.2 Å². The van der Waals surface area contributed by atoms with E-state index in [1.54, 1.807) is 56.5 Å². The highest BCUT2D eigenvalue weighted by Gasteiger charge is 2.43. The van der Waals surface area contributed by atoms with Crippen LogP contribution in [-0.2, 0) is 24.3 Å². The second kappa shape index (κ2) is 12.4. The van der Waals surface area contributed by atoms with Crippen LogP contribution in [0.3, 0.4) is 0 Å². The highest BCUT2D eigenvalue weighted by molar-refractivity contribution is 5.92. The zero-order valence-electron chi connectivity index (χ0n) is 24.9. The number of nitrogens with zero attached hydrogens (tertiary/aromatic N) is 3. The topological polar surface area (TPSA) is 86.5 Å². The van der Waals surface area contributed by atoms with Gasteiger partial charge in [-0.3, -0.25) is 0 Å². The number of imidazole rings is 1. The van der Waals surface area contributed by atoms with Crippen molar-refractivity contribution in [3.8, 4) is 17.1 Å². The van der Waals surface area contributed by atoms with Crippen LogP contribution in [0.4, 0.5) is 13.2 Å². The van der Waals surface area contributed by atoms with E-state index in [-0.39, 0.29) is 46.7 Å². The maximum atomic E-state index is 15.6. The van der Waals surface area contributed by atoms with Crippen LogP contribution in [0.1, 0.15) is 52.1 Å². The molecule has 3 aromatic carbocycles. The molecule has 2 heterocycles. The third kappa shape index (κ3) is 6.56. The molecule has 6 rings (SSSR count). The zero-order valence-corrected chi connectivity index (χ0v) is 24.9. The molecule has 1 aliphatic carbocycles. The van der Waals surface area contributed by atoms with Gasteiger partial charge >= 0.3 is 5.97 Å². The van der Waals surface area contributed by atoms with Crippen molar-refractivity contribution in [2.24, 2.45) is 5.41 Å². The summed E-state index contributed by atoms with van der Waals surface area (Å²) in [5, 5.41) is 9.58. The molecule has 1 aliphatic rings. The third-order valence-electron chi connectivity index (χ3n) is 8.43. The van der Waals surface area contributed by atoms with Crippen LogP contribution < -0.4 is 4.74 Å². The SMILES string of the molecule is COCCC1(Cn2c(Cc3cc(F)c(-c4cccc(OCc5ccc(C)cc5F)n4)cc3F)nc3ccc(C(=O)O)cc32)CC1. The summed E-state index contributed by atoms with van der Waals surface area (Å²) in [7, 11) is 1.65. The van der Waals surface area contributed by atoms with Gasteiger partial charge in [0.15, 0.2) is 0 Å². The van der Waals surface area contributed by atoms with Gasteiger partial charge in [0, 0.05) is 43.9 Å². The molecule has 0 saturated heterocycles. The van der Waals surface area contributed by atoms with E-state index in [9.17, 15) is 14.3 Å². The van der Waals surface area contributed by atoms with Crippen LogP contribution in [0.5, 0.6) is 5.88 Å². The number of aromatic nitrogens is 3. The lowest BCUT2D eigenvalue weighted by Crippen LogP contribution is -2.17. The zero-order chi connectivity index (χ0) is 31.7. The standard InChI is InChI=1S/C35H32F3N3O4/c1-21-6-7-23(26(36)14-21)19-45-33-5-3-4-29(40-33)25-18-27(37)24(15-28(25)38)17-32-39-30-9-8-22(34(42)43)16-31(30)41(32)20-35(10-11-35)12-13-44-2/h3-9,14-16,18H,10-13,17,19-20H2,1-2H3,(H,42,43).